The highest BCUT2D eigenvalue weighted by Crippen LogP contribution is 2.23. The van der Waals surface area contributed by atoms with Gasteiger partial charge in [-0.25, -0.2) is 13.2 Å². The number of nitrogens with one attached hydrogen (secondary N) is 1. The molecule has 1 heterocycles. The first-order valence-electron chi connectivity index (χ1n) is 6.57. The summed E-state index contributed by atoms with van der Waals surface area (Å²) >= 11 is 0. The SMILES string of the molecule is O=C(O)CN(C(=O)NC1C=CS(=O)(=O)C1)C1CCCC1. The second-order valence-electron chi connectivity index (χ2n) is 5.17. The monoisotopic (exact) mass is 302 g/mol. The van der Waals surface area contributed by atoms with Gasteiger partial charge in [-0.2, -0.15) is 0 Å². The molecule has 8 heteroatoms. The fourth-order valence-corrected chi connectivity index (χ4v) is 3.87. The van der Waals surface area contributed by atoms with Gasteiger partial charge in [0.05, 0.1) is 11.8 Å². The molecule has 112 valence electrons. The third-order valence-corrected chi connectivity index (χ3v) is 4.97. The van der Waals surface area contributed by atoms with Crippen LogP contribution in [0.2, 0.25) is 0 Å². The quantitative estimate of drug-likeness (QED) is 0.779. The number of carbonyl (C=O) groups excluding carboxylic acids is 1. The first kappa shape index (κ1) is 14.8. The molecule has 1 fully saturated rings. The van der Waals surface area contributed by atoms with Gasteiger partial charge in [0.15, 0.2) is 9.84 Å². The van der Waals surface area contributed by atoms with Crippen molar-refractivity contribution in [1.82, 2.24) is 10.2 Å². The second-order valence-corrected chi connectivity index (χ2v) is 7.11. The van der Waals surface area contributed by atoms with Crippen molar-refractivity contribution in [3.63, 3.8) is 0 Å². The van der Waals surface area contributed by atoms with E-state index in [2.05, 4.69) is 5.32 Å². The second kappa shape index (κ2) is 5.82. The van der Waals surface area contributed by atoms with Gasteiger partial charge in [-0.1, -0.05) is 12.8 Å². The lowest BCUT2D eigenvalue weighted by atomic mass is 10.2. The molecule has 2 aliphatic rings. The predicted octanol–water partition coefficient (Wildman–Crippen LogP) is 0.336. The van der Waals surface area contributed by atoms with Gasteiger partial charge >= 0.3 is 12.0 Å². The van der Waals surface area contributed by atoms with E-state index in [-0.39, 0.29) is 18.3 Å². The highest BCUT2D eigenvalue weighted by Gasteiger charge is 2.31. The molecule has 7 nitrogen and oxygen atoms in total. The first-order valence-corrected chi connectivity index (χ1v) is 8.29. The minimum Gasteiger partial charge on any atom is -0.480 e. The Kier molecular flexibility index (Phi) is 4.32. The summed E-state index contributed by atoms with van der Waals surface area (Å²) in [4.78, 5) is 24.3. The molecule has 0 aromatic heterocycles. The van der Waals surface area contributed by atoms with Crippen molar-refractivity contribution in [2.24, 2.45) is 0 Å². The normalized spacial score (nSPS) is 24.7. The van der Waals surface area contributed by atoms with E-state index < -0.39 is 27.9 Å². The van der Waals surface area contributed by atoms with E-state index >= 15 is 0 Å². The molecule has 20 heavy (non-hydrogen) atoms. The summed E-state index contributed by atoms with van der Waals surface area (Å²) in [7, 11) is -3.24. The summed E-state index contributed by atoms with van der Waals surface area (Å²) < 4.78 is 22.6. The van der Waals surface area contributed by atoms with Crippen molar-refractivity contribution in [3.05, 3.63) is 11.5 Å². The molecule has 0 aromatic rings. The summed E-state index contributed by atoms with van der Waals surface area (Å²) in [6.45, 7) is -0.361. The van der Waals surface area contributed by atoms with Crippen molar-refractivity contribution >= 4 is 21.8 Å². The van der Waals surface area contributed by atoms with E-state index in [1.807, 2.05) is 0 Å². The van der Waals surface area contributed by atoms with Crippen LogP contribution in [0.3, 0.4) is 0 Å². The molecule has 1 saturated carbocycles. The van der Waals surface area contributed by atoms with Crippen molar-refractivity contribution in [2.75, 3.05) is 12.3 Å². The number of carboxylic acids is 1. The first-order chi connectivity index (χ1) is 9.37. The Hall–Kier alpha value is -1.57. The van der Waals surface area contributed by atoms with Gasteiger partial charge in [-0.05, 0) is 18.9 Å². The number of carbonyl (C=O) groups is 2. The van der Waals surface area contributed by atoms with Crippen LogP contribution in [-0.2, 0) is 14.6 Å². The highest BCUT2D eigenvalue weighted by molar-refractivity contribution is 7.94. The highest BCUT2D eigenvalue weighted by atomic mass is 32.2. The lowest BCUT2D eigenvalue weighted by Crippen LogP contribution is -2.50. The van der Waals surface area contributed by atoms with E-state index in [0.29, 0.717) is 0 Å². The number of hydrogen-bond acceptors (Lipinski definition) is 4. The van der Waals surface area contributed by atoms with Crippen molar-refractivity contribution < 1.29 is 23.1 Å². The summed E-state index contributed by atoms with van der Waals surface area (Å²) in [6, 6.07) is -1.16. The number of hydrogen-bond donors (Lipinski definition) is 2. The van der Waals surface area contributed by atoms with Crippen LogP contribution in [0.5, 0.6) is 0 Å². The molecule has 1 aliphatic carbocycles. The largest absolute Gasteiger partial charge is 0.480 e. The van der Waals surface area contributed by atoms with Crippen LogP contribution in [0.4, 0.5) is 4.79 Å². The van der Waals surface area contributed by atoms with Crippen molar-refractivity contribution in [1.29, 1.82) is 0 Å². The lowest BCUT2D eigenvalue weighted by molar-refractivity contribution is -0.138. The molecule has 2 amide bonds. The van der Waals surface area contributed by atoms with Crippen LogP contribution in [-0.4, -0.2) is 54.8 Å². The van der Waals surface area contributed by atoms with Gasteiger partial charge < -0.3 is 15.3 Å². The number of aliphatic carboxylic acids is 1. The molecule has 1 atom stereocenters. The Bertz CT molecular complexity index is 522. The van der Waals surface area contributed by atoms with E-state index in [9.17, 15) is 18.0 Å². The smallest absolute Gasteiger partial charge is 0.323 e. The van der Waals surface area contributed by atoms with Gasteiger partial charge in [0.25, 0.3) is 0 Å². The van der Waals surface area contributed by atoms with Gasteiger partial charge in [0.1, 0.15) is 6.54 Å². The minimum atomic E-state index is -3.24. The fourth-order valence-electron chi connectivity index (χ4n) is 2.64. The molecule has 0 saturated heterocycles. The third kappa shape index (κ3) is 3.72. The summed E-state index contributed by atoms with van der Waals surface area (Å²) in [5.74, 6) is -1.23. The van der Waals surface area contributed by atoms with Gasteiger partial charge in [-0.15, -0.1) is 0 Å². The molecule has 2 rings (SSSR count). The molecule has 0 bridgehead atoms. The third-order valence-electron chi connectivity index (χ3n) is 3.57. The molecular formula is C12H18N2O5S. The standard InChI is InChI=1S/C12H18N2O5S/c15-11(16)7-14(10-3-1-2-4-10)12(17)13-9-5-6-20(18,19)8-9/h5-6,9-10H,1-4,7-8H2,(H,13,17)(H,15,16). The van der Waals surface area contributed by atoms with Crippen LogP contribution >= 0.6 is 0 Å². The zero-order valence-corrected chi connectivity index (χ0v) is 11.8. The van der Waals surface area contributed by atoms with Crippen LogP contribution in [0, 0.1) is 0 Å². The molecule has 1 aliphatic heterocycles. The maximum absolute atomic E-state index is 12.2. The van der Waals surface area contributed by atoms with Gasteiger partial charge in [0, 0.05) is 11.4 Å². The zero-order chi connectivity index (χ0) is 14.8. The maximum Gasteiger partial charge on any atom is 0.323 e. The van der Waals surface area contributed by atoms with E-state index in [0.717, 1.165) is 31.1 Å². The van der Waals surface area contributed by atoms with Crippen molar-refractivity contribution in [3.8, 4) is 0 Å². The number of amides is 2. The van der Waals surface area contributed by atoms with Crippen LogP contribution in [0.15, 0.2) is 11.5 Å². The average molecular weight is 302 g/mol. The van der Waals surface area contributed by atoms with Gasteiger partial charge in [-0.3, -0.25) is 4.79 Å². The lowest BCUT2D eigenvalue weighted by Gasteiger charge is -2.28. The van der Waals surface area contributed by atoms with Crippen LogP contribution in [0.25, 0.3) is 0 Å². The number of sulfone groups is 1. The van der Waals surface area contributed by atoms with Crippen molar-refractivity contribution in [2.45, 2.75) is 37.8 Å². The molecular weight excluding hydrogens is 284 g/mol. The molecule has 0 radical (unpaired) electrons. The number of rotatable bonds is 4. The Balaban J connectivity index is 1.99. The molecule has 0 spiro atoms. The topological polar surface area (TPSA) is 104 Å². The Labute approximate surface area is 117 Å². The fraction of sp³-hybridized carbons (Fsp3) is 0.667. The average Bonchev–Trinajstić information content (AvgIpc) is 2.95. The Morgan fingerprint density at radius 1 is 1.30 bits per heavy atom. The predicted molar refractivity (Wildman–Crippen MR) is 71.8 cm³/mol. The Morgan fingerprint density at radius 2 is 1.95 bits per heavy atom. The maximum atomic E-state index is 12.2. The summed E-state index contributed by atoms with van der Waals surface area (Å²) in [6.07, 6.45) is 4.96. The van der Waals surface area contributed by atoms with Gasteiger partial charge in [0.2, 0.25) is 0 Å². The van der Waals surface area contributed by atoms with E-state index in [1.165, 1.54) is 11.0 Å². The number of carboxylic acid groups (broad SMARTS) is 1. The van der Waals surface area contributed by atoms with Crippen LogP contribution < -0.4 is 5.32 Å². The van der Waals surface area contributed by atoms with E-state index in [1.54, 1.807) is 0 Å². The summed E-state index contributed by atoms with van der Waals surface area (Å²) in [5.41, 5.74) is 0. The zero-order valence-electron chi connectivity index (χ0n) is 11.0. The number of urea groups is 1. The summed E-state index contributed by atoms with van der Waals surface area (Å²) in [5, 5.41) is 12.6. The van der Waals surface area contributed by atoms with Crippen LogP contribution in [0.1, 0.15) is 25.7 Å². The minimum absolute atomic E-state index is 0.0758. The number of nitrogens with zero attached hydrogens (tertiary/aromatic N) is 1. The molecule has 1 unspecified atom stereocenters. The van der Waals surface area contributed by atoms with E-state index in [4.69, 9.17) is 5.11 Å². The molecule has 0 aromatic carbocycles. The molecule has 2 N–H and O–H groups in total. The Morgan fingerprint density at radius 3 is 2.45 bits per heavy atom.